The molecule has 10 heteroatoms. The van der Waals surface area contributed by atoms with Gasteiger partial charge in [0.1, 0.15) is 11.6 Å². The van der Waals surface area contributed by atoms with Crippen molar-refractivity contribution in [1.82, 2.24) is 30.0 Å². The lowest BCUT2D eigenvalue weighted by Crippen LogP contribution is -2.29. The van der Waals surface area contributed by atoms with Crippen LogP contribution in [0.25, 0.3) is 10.9 Å². The Balaban J connectivity index is 1.54. The third kappa shape index (κ3) is 4.65. The summed E-state index contributed by atoms with van der Waals surface area (Å²) in [5.74, 6) is -0.0125. The van der Waals surface area contributed by atoms with Gasteiger partial charge in [-0.2, -0.15) is 0 Å². The van der Waals surface area contributed by atoms with E-state index in [0.717, 1.165) is 0 Å². The Hall–Kier alpha value is -3.53. The minimum atomic E-state index is -0.582. The Morgan fingerprint density at radius 1 is 1.15 bits per heavy atom. The van der Waals surface area contributed by atoms with Crippen molar-refractivity contribution in [2.75, 3.05) is 0 Å². The summed E-state index contributed by atoms with van der Waals surface area (Å²) in [6, 6.07) is 12.5. The number of nitrogens with zero attached hydrogens (tertiary/aromatic N) is 4. The van der Waals surface area contributed by atoms with E-state index in [1.54, 1.807) is 31.2 Å². The smallest absolute Gasteiger partial charge is 0.258 e. The molecular formula is C23H23FN6O2S. The lowest BCUT2D eigenvalue weighted by molar-refractivity contribution is 0.0933. The highest BCUT2D eigenvalue weighted by molar-refractivity contribution is 7.99. The number of hydrogen-bond donors (Lipinski definition) is 2. The fraction of sp³-hybridized carbons (Fsp3) is 0.261. The highest BCUT2D eigenvalue weighted by Crippen LogP contribution is 2.33. The first-order valence-corrected chi connectivity index (χ1v) is 11.4. The molecular weight excluding hydrogens is 443 g/mol. The molecule has 8 nitrogen and oxygen atoms in total. The molecule has 2 aromatic carbocycles. The predicted octanol–water partition coefficient (Wildman–Crippen LogP) is 4.02. The van der Waals surface area contributed by atoms with Crippen molar-refractivity contribution in [3.8, 4) is 0 Å². The first-order valence-electron chi connectivity index (χ1n) is 10.5. The van der Waals surface area contributed by atoms with Crippen LogP contribution in [0.2, 0.25) is 0 Å². The fourth-order valence-electron chi connectivity index (χ4n) is 3.50. The number of H-pyrrole nitrogens is 1. The quantitative estimate of drug-likeness (QED) is 0.399. The van der Waals surface area contributed by atoms with Gasteiger partial charge in [-0.1, -0.05) is 36.0 Å². The lowest BCUT2D eigenvalue weighted by atomic mass is 10.2. The molecule has 4 aromatic rings. The molecule has 4 rings (SSSR count). The number of rotatable bonds is 7. The molecule has 0 unspecified atom stereocenters. The van der Waals surface area contributed by atoms with Gasteiger partial charge in [0, 0.05) is 6.54 Å². The van der Waals surface area contributed by atoms with Crippen LogP contribution in [0.5, 0.6) is 0 Å². The van der Waals surface area contributed by atoms with E-state index in [0.29, 0.717) is 34.3 Å². The molecule has 2 atom stereocenters. The third-order valence-electron chi connectivity index (χ3n) is 5.21. The van der Waals surface area contributed by atoms with Gasteiger partial charge in [0.25, 0.3) is 11.5 Å². The van der Waals surface area contributed by atoms with Crippen molar-refractivity contribution in [3.05, 3.63) is 81.9 Å². The summed E-state index contributed by atoms with van der Waals surface area (Å²) < 4.78 is 15.8. The highest BCUT2D eigenvalue weighted by atomic mass is 32.2. The van der Waals surface area contributed by atoms with E-state index >= 15 is 0 Å². The lowest BCUT2D eigenvalue weighted by Gasteiger charge is -2.16. The van der Waals surface area contributed by atoms with Crippen molar-refractivity contribution < 1.29 is 9.18 Å². The van der Waals surface area contributed by atoms with E-state index in [9.17, 15) is 14.0 Å². The summed E-state index contributed by atoms with van der Waals surface area (Å²) in [7, 11) is 0. The number of thioether (sulfide) groups is 1. The van der Waals surface area contributed by atoms with Crippen LogP contribution in [0, 0.1) is 5.82 Å². The number of fused-ring (bicyclic) bond motifs is 1. The van der Waals surface area contributed by atoms with Crippen molar-refractivity contribution in [1.29, 1.82) is 0 Å². The fourth-order valence-corrected chi connectivity index (χ4v) is 4.48. The van der Waals surface area contributed by atoms with Crippen LogP contribution in [0.15, 0.2) is 58.5 Å². The van der Waals surface area contributed by atoms with E-state index < -0.39 is 17.8 Å². The van der Waals surface area contributed by atoms with Gasteiger partial charge < -0.3 is 14.9 Å². The van der Waals surface area contributed by atoms with Gasteiger partial charge in [0.05, 0.1) is 27.8 Å². The van der Waals surface area contributed by atoms with Gasteiger partial charge in [-0.25, -0.2) is 9.37 Å². The van der Waals surface area contributed by atoms with Crippen LogP contribution in [0.4, 0.5) is 4.39 Å². The molecule has 2 heterocycles. The van der Waals surface area contributed by atoms with E-state index in [-0.39, 0.29) is 16.4 Å². The van der Waals surface area contributed by atoms with E-state index in [4.69, 9.17) is 0 Å². The van der Waals surface area contributed by atoms with E-state index in [1.165, 1.54) is 30.0 Å². The molecule has 0 aliphatic heterocycles. The molecule has 0 fully saturated rings. The molecule has 2 N–H and O–H groups in total. The van der Waals surface area contributed by atoms with Gasteiger partial charge in [0.15, 0.2) is 11.0 Å². The first kappa shape index (κ1) is 22.7. The molecule has 170 valence electrons. The number of amides is 1. The zero-order valence-electron chi connectivity index (χ0n) is 18.4. The standard InChI is InChI=1S/C23H23FN6O2S/c1-4-30-20(13(2)25-21(31)15-9-5-7-11-17(15)24)28-29-23(30)33-14(3)19-26-18-12-8-6-10-16(18)22(32)27-19/h5-14H,4H2,1-3H3,(H,25,31)(H,26,27,32)/t13-,14-/m1/s1. The number of aromatic amines is 1. The third-order valence-corrected chi connectivity index (χ3v) is 6.30. The maximum Gasteiger partial charge on any atom is 0.258 e. The number of benzene rings is 2. The maximum absolute atomic E-state index is 13.9. The highest BCUT2D eigenvalue weighted by Gasteiger charge is 2.23. The number of para-hydroxylation sites is 1. The average molecular weight is 467 g/mol. The van der Waals surface area contributed by atoms with E-state index in [1.807, 2.05) is 24.5 Å². The summed E-state index contributed by atoms with van der Waals surface area (Å²) in [5, 5.41) is 12.3. The minimum absolute atomic E-state index is 0.0264. The zero-order valence-corrected chi connectivity index (χ0v) is 19.2. The number of carbonyl (C=O) groups excluding carboxylic acids is 1. The van der Waals surface area contributed by atoms with Crippen molar-refractivity contribution >= 4 is 28.6 Å². The van der Waals surface area contributed by atoms with Crippen LogP contribution in [0.1, 0.15) is 54.1 Å². The van der Waals surface area contributed by atoms with Crippen molar-refractivity contribution in [2.45, 2.75) is 43.8 Å². The Bertz CT molecular complexity index is 1370. The summed E-state index contributed by atoms with van der Waals surface area (Å²) in [5.41, 5.74) is 0.414. The molecule has 2 aromatic heterocycles. The van der Waals surface area contributed by atoms with Gasteiger partial charge in [-0.05, 0) is 45.0 Å². The minimum Gasteiger partial charge on any atom is -0.342 e. The monoisotopic (exact) mass is 466 g/mol. The number of hydrogen-bond acceptors (Lipinski definition) is 6. The zero-order chi connectivity index (χ0) is 23.5. The number of carbonyl (C=O) groups is 1. The molecule has 0 saturated carbocycles. The van der Waals surface area contributed by atoms with Gasteiger partial charge in [0.2, 0.25) is 0 Å². The van der Waals surface area contributed by atoms with Gasteiger partial charge >= 0.3 is 0 Å². The summed E-state index contributed by atoms with van der Waals surface area (Å²) >= 11 is 1.41. The number of nitrogens with one attached hydrogen (secondary N) is 2. The SMILES string of the molecule is CCn1c(S[C@H](C)c2nc3ccccc3c(=O)[nH]2)nnc1[C@@H](C)NC(=O)c1ccccc1F. The second kappa shape index (κ2) is 9.53. The molecule has 0 saturated heterocycles. The largest absolute Gasteiger partial charge is 0.342 e. The predicted molar refractivity (Wildman–Crippen MR) is 125 cm³/mol. The Labute approximate surface area is 193 Å². The van der Waals surface area contributed by atoms with E-state index in [2.05, 4.69) is 25.5 Å². The number of halogens is 1. The molecule has 1 amide bonds. The number of aromatic nitrogens is 5. The first-order chi connectivity index (χ1) is 15.9. The summed E-state index contributed by atoms with van der Waals surface area (Å²) in [6.07, 6.45) is 0. The topological polar surface area (TPSA) is 106 Å². The molecule has 0 radical (unpaired) electrons. The van der Waals surface area contributed by atoms with Crippen LogP contribution in [-0.4, -0.2) is 30.6 Å². The molecule has 0 spiro atoms. The van der Waals surface area contributed by atoms with Crippen LogP contribution in [-0.2, 0) is 6.54 Å². The van der Waals surface area contributed by atoms with Crippen LogP contribution in [0.3, 0.4) is 0 Å². The summed E-state index contributed by atoms with van der Waals surface area (Å²) in [6.45, 7) is 6.22. The van der Waals surface area contributed by atoms with Crippen LogP contribution < -0.4 is 10.9 Å². The average Bonchev–Trinajstić information content (AvgIpc) is 3.21. The Morgan fingerprint density at radius 3 is 2.64 bits per heavy atom. The molecule has 33 heavy (non-hydrogen) atoms. The Kier molecular flexibility index (Phi) is 6.55. The normalized spacial score (nSPS) is 13.1. The molecule has 0 bridgehead atoms. The van der Waals surface area contributed by atoms with Crippen LogP contribution >= 0.6 is 11.8 Å². The second-order valence-corrected chi connectivity index (χ2v) is 8.80. The maximum atomic E-state index is 13.9. The van der Waals surface area contributed by atoms with Gasteiger partial charge in [-0.15, -0.1) is 10.2 Å². The second-order valence-electron chi connectivity index (χ2n) is 7.49. The Morgan fingerprint density at radius 2 is 1.88 bits per heavy atom. The molecule has 0 aliphatic rings. The molecule has 0 aliphatic carbocycles. The van der Waals surface area contributed by atoms with Gasteiger partial charge in [-0.3, -0.25) is 9.59 Å². The van der Waals surface area contributed by atoms with Crippen molar-refractivity contribution in [3.63, 3.8) is 0 Å². The van der Waals surface area contributed by atoms with Crippen molar-refractivity contribution in [2.24, 2.45) is 0 Å². The summed E-state index contributed by atoms with van der Waals surface area (Å²) in [4.78, 5) is 32.3.